The number of carbonyl (C=O) groups is 1. The maximum atomic E-state index is 14.3. The zero-order chi connectivity index (χ0) is 19.3. The molecular formula is C21H33FN2O2. The minimum absolute atomic E-state index is 0.0813. The molecule has 1 aromatic carbocycles. The van der Waals surface area contributed by atoms with Crippen molar-refractivity contribution >= 4 is 5.91 Å². The standard InChI is InChI=1S/C21H33FN2O2/c1-5-7-10-23(4)13-18-16(6-2)12-24(20(18)14-25)21(26)17-9-8-15(3)11-19(17)22/h8-9,11,16,18,20,25H,5-7,10,12-14H2,1-4H3/t16-,18-,20-/m1/s1. The van der Waals surface area contributed by atoms with Crippen LogP contribution < -0.4 is 0 Å². The van der Waals surface area contributed by atoms with E-state index < -0.39 is 5.82 Å². The van der Waals surface area contributed by atoms with Gasteiger partial charge >= 0.3 is 0 Å². The molecule has 1 aliphatic rings. The van der Waals surface area contributed by atoms with Gasteiger partial charge in [0.25, 0.3) is 5.91 Å². The SMILES string of the molecule is CCCCN(C)C[C@@H]1[C@H](CC)CN(C(=O)c2ccc(C)cc2F)[C@@H]1CO. The fraction of sp³-hybridized carbons (Fsp3) is 0.667. The van der Waals surface area contributed by atoms with Gasteiger partial charge in [-0.3, -0.25) is 4.79 Å². The van der Waals surface area contributed by atoms with Gasteiger partial charge in [0.1, 0.15) is 5.82 Å². The van der Waals surface area contributed by atoms with Gasteiger partial charge in [-0.25, -0.2) is 4.39 Å². The molecule has 1 aromatic rings. The summed E-state index contributed by atoms with van der Waals surface area (Å²) in [6.45, 7) is 8.47. The van der Waals surface area contributed by atoms with Crippen molar-refractivity contribution in [2.24, 2.45) is 11.8 Å². The Morgan fingerprint density at radius 2 is 2.12 bits per heavy atom. The van der Waals surface area contributed by atoms with Gasteiger partial charge in [0.15, 0.2) is 0 Å². The van der Waals surface area contributed by atoms with Gasteiger partial charge in [0.05, 0.1) is 18.2 Å². The number of likely N-dealkylation sites (tertiary alicyclic amines) is 1. The summed E-state index contributed by atoms with van der Waals surface area (Å²) in [4.78, 5) is 17.0. The number of aliphatic hydroxyl groups excluding tert-OH is 1. The molecule has 3 atom stereocenters. The second kappa shape index (κ2) is 9.47. The molecule has 0 bridgehead atoms. The smallest absolute Gasteiger partial charge is 0.257 e. The molecular weight excluding hydrogens is 331 g/mol. The third-order valence-corrected chi connectivity index (χ3v) is 5.67. The van der Waals surface area contributed by atoms with Crippen molar-refractivity contribution in [2.75, 3.05) is 33.3 Å². The lowest BCUT2D eigenvalue weighted by atomic mass is 9.88. The van der Waals surface area contributed by atoms with Crippen LogP contribution in [0.25, 0.3) is 0 Å². The molecule has 1 N–H and O–H groups in total. The number of rotatable bonds is 8. The minimum atomic E-state index is -0.483. The zero-order valence-corrected chi connectivity index (χ0v) is 16.5. The summed E-state index contributed by atoms with van der Waals surface area (Å²) in [6.07, 6.45) is 3.23. The Balaban J connectivity index is 2.19. The zero-order valence-electron chi connectivity index (χ0n) is 16.5. The predicted octanol–water partition coefficient (Wildman–Crippen LogP) is 3.33. The summed E-state index contributed by atoms with van der Waals surface area (Å²) >= 11 is 0. The van der Waals surface area contributed by atoms with Gasteiger partial charge in [-0.1, -0.05) is 32.8 Å². The monoisotopic (exact) mass is 364 g/mol. The molecule has 1 heterocycles. The van der Waals surface area contributed by atoms with E-state index in [0.29, 0.717) is 12.5 Å². The predicted molar refractivity (Wildman–Crippen MR) is 103 cm³/mol. The Hall–Kier alpha value is -1.46. The molecule has 1 aliphatic heterocycles. The maximum absolute atomic E-state index is 14.3. The quantitative estimate of drug-likeness (QED) is 0.769. The molecule has 1 fully saturated rings. The molecule has 1 amide bonds. The Morgan fingerprint density at radius 1 is 1.38 bits per heavy atom. The van der Waals surface area contributed by atoms with E-state index in [2.05, 4.69) is 25.8 Å². The second-order valence-corrected chi connectivity index (χ2v) is 7.64. The number of unbranched alkanes of at least 4 members (excludes halogenated alkanes) is 1. The number of amides is 1. The number of nitrogens with zero attached hydrogens (tertiary/aromatic N) is 2. The molecule has 146 valence electrons. The summed E-state index contributed by atoms with van der Waals surface area (Å²) in [5.41, 5.74) is 0.893. The molecule has 4 nitrogen and oxygen atoms in total. The maximum Gasteiger partial charge on any atom is 0.257 e. The van der Waals surface area contributed by atoms with Crippen molar-refractivity contribution < 1.29 is 14.3 Å². The van der Waals surface area contributed by atoms with Crippen molar-refractivity contribution in [2.45, 2.75) is 46.1 Å². The fourth-order valence-corrected chi connectivity index (χ4v) is 4.07. The van der Waals surface area contributed by atoms with E-state index in [1.807, 2.05) is 0 Å². The van der Waals surface area contributed by atoms with Crippen LogP contribution >= 0.6 is 0 Å². The van der Waals surface area contributed by atoms with Crippen LogP contribution in [0.15, 0.2) is 18.2 Å². The van der Waals surface area contributed by atoms with Crippen LogP contribution in [0.4, 0.5) is 4.39 Å². The lowest BCUT2D eigenvalue weighted by molar-refractivity contribution is 0.0618. The number of aryl methyl sites for hydroxylation is 1. The second-order valence-electron chi connectivity index (χ2n) is 7.64. The Bertz CT molecular complexity index is 608. The molecule has 1 saturated heterocycles. The highest BCUT2D eigenvalue weighted by atomic mass is 19.1. The van der Waals surface area contributed by atoms with Crippen molar-refractivity contribution in [3.8, 4) is 0 Å². The first kappa shape index (κ1) is 20.8. The number of hydrogen-bond donors (Lipinski definition) is 1. The Labute approximate surface area is 157 Å². The summed E-state index contributed by atoms with van der Waals surface area (Å²) in [6, 6.07) is 4.46. The first-order valence-electron chi connectivity index (χ1n) is 9.79. The van der Waals surface area contributed by atoms with Gasteiger partial charge in [0.2, 0.25) is 0 Å². The summed E-state index contributed by atoms with van der Waals surface area (Å²) in [5, 5.41) is 10.0. The van der Waals surface area contributed by atoms with Gasteiger partial charge in [-0.2, -0.15) is 0 Å². The van der Waals surface area contributed by atoms with Crippen molar-refractivity contribution in [3.63, 3.8) is 0 Å². The van der Waals surface area contributed by atoms with Crippen LogP contribution in [0.5, 0.6) is 0 Å². The fourth-order valence-electron chi connectivity index (χ4n) is 4.07. The third-order valence-electron chi connectivity index (χ3n) is 5.67. The normalized spacial score (nSPS) is 23.0. The molecule has 0 saturated carbocycles. The number of benzene rings is 1. The molecule has 5 heteroatoms. The number of hydrogen-bond acceptors (Lipinski definition) is 3. The highest BCUT2D eigenvalue weighted by Gasteiger charge is 2.43. The first-order chi connectivity index (χ1) is 12.4. The number of aliphatic hydroxyl groups is 1. The van der Waals surface area contributed by atoms with E-state index in [1.54, 1.807) is 24.0 Å². The van der Waals surface area contributed by atoms with E-state index in [-0.39, 0.29) is 30.0 Å². The number of halogens is 1. The molecule has 0 spiro atoms. The van der Waals surface area contributed by atoms with Crippen molar-refractivity contribution in [1.29, 1.82) is 0 Å². The molecule has 0 unspecified atom stereocenters. The third kappa shape index (κ3) is 4.63. The highest BCUT2D eigenvalue weighted by molar-refractivity contribution is 5.95. The van der Waals surface area contributed by atoms with Crippen LogP contribution in [0.2, 0.25) is 0 Å². The molecule has 2 rings (SSSR count). The molecule has 26 heavy (non-hydrogen) atoms. The highest BCUT2D eigenvalue weighted by Crippen LogP contribution is 2.34. The Kier molecular flexibility index (Phi) is 7.59. The first-order valence-corrected chi connectivity index (χ1v) is 9.79. The van der Waals surface area contributed by atoms with Gasteiger partial charge in [-0.15, -0.1) is 0 Å². The summed E-state index contributed by atoms with van der Waals surface area (Å²) in [5.74, 6) is -0.250. The Morgan fingerprint density at radius 3 is 2.69 bits per heavy atom. The van der Waals surface area contributed by atoms with E-state index in [4.69, 9.17) is 0 Å². The lowest BCUT2D eigenvalue weighted by Gasteiger charge is -2.30. The number of carbonyl (C=O) groups excluding carboxylic acids is 1. The summed E-state index contributed by atoms with van der Waals surface area (Å²) < 4.78 is 14.3. The average Bonchev–Trinajstić information content (AvgIpc) is 2.96. The van der Waals surface area contributed by atoms with Crippen molar-refractivity contribution in [3.05, 3.63) is 35.1 Å². The van der Waals surface area contributed by atoms with E-state index >= 15 is 0 Å². The molecule has 0 aromatic heterocycles. The largest absolute Gasteiger partial charge is 0.394 e. The van der Waals surface area contributed by atoms with Crippen LogP contribution in [0.1, 0.15) is 49.0 Å². The minimum Gasteiger partial charge on any atom is -0.394 e. The van der Waals surface area contributed by atoms with E-state index in [0.717, 1.165) is 37.9 Å². The van der Waals surface area contributed by atoms with Crippen LogP contribution in [0.3, 0.4) is 0 Å². The van der Waals surface area contributed by atoms with Crippen molar-refractivity contribution in [1.82, 2.24) is 9.80 Å². The van der Waals surface area contributed by atoms with E-state index in [9.17, 15) is 14.3 Å². The topological polar surface area (TPSA) is 43.8 Å². The van der Waals surface area contributed by atoms with Gasteiger partial charge < -0.3 is 14.9 Å². The van der Waals surface area contributed by atoms with Crippen LogP contribution in [-0.4, -0.2) is 60.1 Å². The van der Waals surface area contributed by atoms with Gasteiger partial charge in [-0.05, 0) is 56.5 Å². The average molecular weight is 365 g/mol. The van der Waals surface area contributed by atoms with Crippen LogP contribution in [-0.2, 0) is 0 Å². The van der Waals surface area contributed by atoms with Crippen LogP contribution in [0, 0.1) is 24.6 Å². The molecule has 0 aliphatic carbocycles. The molecule has 0 radical (unpaired) electrons. The van der Waals surface area contributed by atoms with E-state index in [1.165, 1.54) is 6.07 Å². The lowest BCUT2D eigenvalue weighted by Crippen LogP contribution is -2.43. The summed E-state index contributed by atoms with van der Waals surface area (Å²) in [7, 11) is 2.10. The van der Waals surface area contributed by atoms with Gasteiger partial charge in [0, 0.05) is 13.1 Å².